The number of halogens is 1. The van der Waals surface area contributed by atoms with Gasteiger partial charge in [-0.25, -0.2) is 4.98 Å². The van der Waals surface area contributed by atoms with Gasteiger partial charge in [0.05, 0.1) is 12.7 Å². The molecule has 3 heterocycles. The Kier molecular flexibility index (Phi) is 2.14. The second kappa shape index (κ2) is 3.50. The summed E-state index contributed by atoms with van der Waals surface area (Å²) >= 11 is 3.31. The Morgan fingerprint density at radius 3 is 3.20 bits per heavy atom. The maximum absolute atomic E-state index is 5.53. The van der Waals surface area contributed by atoms with Crippen LogP contribution in [-0.4, -0.2) is 16.1 Å². The van der Waals surface area contributed by atoms with Crippen molar-refractivity contribution in [3.05, 3.63) is 28.8 Å². The molecular weight excluding hydrogens is 258 g/mol. The molecule has 15 heavy (non-hydrogen) atoms. The van der Waals surface area contributed by atoms with Crippen molar-refractivity contribution in [1.82, 2.24) is 14.9 Å². The summed E-state index contributed by atoms with van der Waals surface area (Å²) < 4.78 is 8.48. The average molecular weight is 268 g/mol. The molecule has 1 N–H and O–H groups in total. The van der Waals surface area contributed by atoms with Crippen LogP contribution in [0, 0.1) is 0 Å². The molecule has 3 rings (SSSR count). The SMILES string of the molecule is Brc1ccc(-c2cnc3n2CCNC3)o1. The number of nitrogens with zero attached hydrogens (tertiary/aromatic N) is 2. The zero-order chi connectivity index (χ0) is 10.3. The molecule has 0 spiro atoms. The van der Waals surface area contributed by atoms with Crippen molar-refractivity contribution >= 4 is 15.9 Å². The van der Waals surface area contributed by atoms with Crippen molar-refractivity contribution in [1.29, 1.82) is 0 Å². The van der Waals surface area contributed by atoms with E-state index in [4.69, 9.17) is 4.42 Å². The highest BCUT2D eigenvalue weighted by Crippen LogP contribution is 2.26. The summed E-state index contributed by atoms with van der Waals surface area (Å²) in [6.45, 7) is 2.77. The molecular formula is C10H10BrN3O. The summed E-state index contributed by atoms with van der Waals surface area (Å²) in [4.78, 5) is 4.37. The number of hydrogen-bond acceptors (Lipinski definition) is 3. The Hall–Kier alpha value is -1.07. The van der Waals surface area contributed by atoms with Gasteiger partial charge in [0.25, 0.3) is 0 Å². The third-order valence-corrected chi connectivity index (χ3v) is 2.99. The van der Waals surface area contributed by atoms with Gasteiger partial charge in [0.1, 0.15) is 11.5 Å². The molecule has 78 valence electrons. The van der Waals surface area contributed by atoms with Crippen molar-refractivity contribution in [3.8, 4) is 11.5 Å². The molecule has 2 aromatic heterocycles. The van der Waals surface area contributed by atoms with Crippen LogP contribution >= 0.6 is 15.9 Å². The van der Waals surface area contributed by atoms with Crippen LogP contribution < -0.4 is 5.32 Å². The van der Waals surface area contributed by atoms with Gasteiger partial charge in [-0.1, -0.05) is 0 Å². The summed E-state index contributed by atoms with van der Waals surface area (Å²) in [6.07, 6.45) is 1.87. The van der Waals surface area contributed by atoms with Crippen molar-refractivity contribution in [2.45, 2.75) is 13.1 Å². The lowest BCUT2D eigenvalue weighted by molar-refractivity contribution is 0.497. The summed E-state index contributed by atoms with van der Waals surface area (Å²) in [5, 5.41) is 3.29. The van der Waals surface area contributed by atoms with Crippen LogP contribution in [0.25, 0.3) is 11.5 Å². The number of aromatic nitrogens is 2. The highest BCUT2D eigenvalue weighted by atomic mass is 79.9. The van der Waals surface area contributed by atoms with E-state index in [0.29, 0.717) is 0 Å². The van der Waals surface area contributed by atoms with Gasteiger partial charge in [-0.3, -0.25) is 0 Å². The summed E-state index contributed by atoms with van der Waals surface area (Å²) in [7, 11) is 0. The Labute approximate surface area is 95.4 Å². The summed E-state index contributed by atoms with van der Waals surface area (Å²) in [6, 6.07) is 3.85. The number of fused-ring (bicyclic) bond motifs is 1. The molecule has 1 aliphatic rings. The van der Waals surface area contributed by atoms with Crippen molar-refractivity contribution < 1.29 is 4.42 Å². The lowest BCUT2D eigenvalue weighted by Gasteiger charge is -2.16. The fourth-order valence-electron chi connectivity index (χ4n) is 1.84. The molecule has 0 unspecified atom stereocenters. The van der Waals surface area contributed by atoms with Crippen molar-refractivity contribution in [2.75, 3.05) is 6.54 Å². The molecule has 0 fully saturated rings. The van der Waals surface area contributed by atoms with E-state index in [0.717, 1.165) is 41.6 Å². The van der Waals surface area contributed by atoms with E-state index in [9.17, 15) is 0 Å². The smallest absolute Gasteiger partial charge is 0.169 e. The monoisotopic (exact) mass is 267 g/mol. The van der Waals surface area contributed by atoms with E-state index in [2.05, 4.69) is 30.8 Å². The quantitative estimate of drug-likeness (QED) is 0.860. The largest absolute Gasteiger partial charge is 0.448 e. The van der Waals surface area contributed by atoms with Gasteiger partial charge in [-0.05, 0) is 28.1 Å². The van der Waals surface area contributed by atoms with E-state index in [1.165, 1.54) is 0 Å². The van der Waals surface area contributed by atoms with Crippen LogP contribution in [0.5, 0.6) is 0 Å². The van der Waals surface area contributed by atoms with Gasteiger partial charge in [0.2, 0.25) is 0 Å². The first-order valence-corrected chi connectivity index (χ1v) is 5.65. The first kappa shape index (κ1) is 9.18. The van der Waals surface area contributed by atoms with Gasteiger partial charge in [0.15, 0.2) is 10.4 Å². The predicted molar refractivity (Wildman–Crippen MR) is 59.3 cm³/mol. The highest BCUT2D eigenvalue weighted by molar-refractivity contribution is 9.10. The fraction of sp³-hybridized carbons (Fsp3) is 0.300. The highest BCUT2D eigenvalue weighted by Gasteiger charge is 2.16. The van der Waals surface area contributed by atoms with Gasteiger partial charge >= 0.3 is 0 Å². The summed E-state index contributed by atoms with van der Waals surface area (Å²) in [5.41, 5.74) is 1.05. The molecule has 0 saturated carbocycles. The first-order valence-electron chi connectivity index (χ1n) is 4.85. The zero-order valence-electron chi connectivity index (χ0n) is 8.03. The van der Waals surface area contributed by atoms with E-state index >= 15 is 0 Å². The average Bonchev–Trinajstić information content (AvgIpc) is 2.83. The van der Waals surface area contributed by atoms with Crippen LogP contribution in [0.3, 0.4) is 0 Å². The molecule has 0 atom stereocenters. The molecule has 0 aliphatic carbocycles. The van der Waals surface area contributed by atoms with Gasteiger partial charge in [-0.2, -0.15) is 0 Å². The first-order chi connectivity index (χ1) is 7.34. The topological polar surface area (TPSA) is 43.0 Å². The molecule has 0 amide bonds. The molecule has 2 aromatic rings. The Morgan fingerprint density at radius 1 is 1.47 bits per heavy atom. The number of furan rings is 1. The molecule has 1 aliphatic heterocycles. The van der Waals surface area contributed by atoms with Crippen molar-refractivity contribution in [2.24, 2.45) is 0 Å². The fourth-order valence-corrected chi connectivity index (χ4v) is 2.15. The van der Waals surface area contributed by atoms with Crippen molar-refractivity contribution in [3.63, 3.8) is 0 Å². The Morgan fingerprint density at radius 2 is 2.40 bits per heavy atom. The van der Waals surface area contributed by atoms with Crippen LogP contribution in [0.4, 0.5) is 0 Å². The second-order valence-corrected chi connectivity index (χ2v) is 4.27. The maximum atomic E-state index is 5.53. The van der Waals surface area contributed by atoms with Gasteiger partial charge in [-0.15, -0.1) is 0 Å². The maximum Gasteiger partial charge on any atom is 0.169 e. The number of imidazole rings is 1. The minimum atomic E-state index is 0.752. The normalized spacial score (nSPS) is 15.3. The predicted octanol–water partition coefficient (Wildman–Crippen LogP) is 2.01. The lowest BCUT2D eigenvalue weighted by Crippen LogP contribution is -2.28. The molecule has 5 heteroatoms. The third kappa shape index (κ3) is 1.52. The summed E-state index contributed by atoms with van der Waals surface area (Å²) in [5.74, 6) is 1.94. The number of nitrogens with one attached hydrogen (secondary N) is 1. The molecule has 0 aromatic carbocycles. The van der Waals surface area contributed by atoms with E-state index in [1.54, 1.807) is 0 Å². The molecule has 4 nitrogen and oxygen atoms in total. The Balaban J connectivity index is 2.08. The van der Waals surface area contributed by atoms with Crippen LogP contribution in [-0.2, 0) is 13.1 Å². The van der Waals surface area contributed by atoms with Crippen LogP contribution in [0.15, 0.2) is 27.4 Å². The molecule has 0 bridgehead atoms. The zero-order valence-corrected chi connectivity index (χ0v) is 9.62. The Bertz CT molecular complexity index is 489. The van der Waals surface area contributed by atoms with E-state index in [-0.39, 0.29) is 0 Å². The minimum absolute atomic E-state index is 0.752. The minimum Gasteiger partial charge on any atom is -0.448 e. The standard InChI is InChI=1S/C10H10BrN3O/c11-9-2-1-8(15-9)7-5-13-10-6-12-3-4-14(7)10/h1-2,5,12H,3-4,6H2. The number of rotatable bonds is 1. The second-order valence-electron chi connectivity index (χ2n) is 3.49. The van der Waals surface area contributed by atoms with Crippen LogP contribution in [0.2, 0.25) is 0 Å². The molecule has 0 radical (unpaired) electrons. The van der Waals surface area contributed by atoms with E-state index in [1.807, 2.05) is 18.3 Å². The number of hydrogen-bond donors (Lipinski definition) is 1. The van der Waals surface area contributed by atoms with Crippen LogP contribution in [0.1, 0.15) is 5.82 Å². The third-order valence-electron chi connectivity index (χ3n) is 2.56. The van der Waals surface area contributed by atoms with E-state index < -0.39 is 0 Å². The molecule has 0 saturated heterocycles. The van der Waals surface area contributed by atoms with Gasteiger partial charge in [0, 0.05) is 13.1 Å². The lowest BCUT2D eigenvalue weighted by atomic mass is 10.3. The van der Waals surface area contributed by atoms with Gasteiger partial charge < -0.3 is 14.3 Å².